The molecular weight excluding hydrogens is 294 g/mol. The molecule has 0 fully saturated rings. The van der Waals surface area contributed by atoms with Gasteiger partial charge in [0.15, 0.2) is 11.5 Å². The van der Waals surface area contributed by atoms with Crippen LogP contribution in [0.25, 0.3) is 0 Å². The first kappa shape index (κ1) is 14.8. The van der Waals surface area contributed by atoms with Gasteiger partial charge in [-0.2, -0.15) is 5.21 Å². The van der Waals surface area contributed by atoms with Gasteiger partial charge in [0, 0.05) is 6.54 Å². The van der Waals surface area contributed by atoms with Gasteiger partial charge in [0.1, 0.15) is 6.61 Å². The monoisotopic (exact) mass is 311 g/mol. The zero-order valence-electron chi connectivity index (χ0n) is 12.7. The molecule has 23 heavy (non-hydrogen) atoms. The van der Waals surface area contributed by atoms with Gasteiger partial charge >= 0.3 is 0 Å². The van der Waals surface area contributed by atoms with Gasteiger partial charge in [-0.15, -0.1) is 5.10 Å². The van der Waals surface area contributed by atoms with Crippen LogP contribution < -0.4 is 14.8 Å². The van der Waals surface area contributed by atoms with Gasteiger partial charge in [-0.25, -0.2) is 0 Å². The molecule has 3 aromatic rings. The number of anilines is 1. The standard InChI is InChI=1S/C16H17N5O2/c1-22-15-9-13(10-17-16-18-20-21-19-16)7-8-14(15)23-11-12-5-3-2-4-6-12/h2-9H,10-11H2,1H3,(H2,17,18,19,20,21). The largest absolute Gasteiger partial charge is 0.493 e. The van der Waals surface area contributed by atoms with E-state index < -0.39 is 0 Å². The van der Waals surface area contributed by atoms with Crippen LogP contribution in [0.1, 0.15) is 11.1 Å². The first-order chi connectivity index (χ1) is 11.3. The van der Waals surface area contributed by atoms with E-state index in [-0.39, 0.29) is 0 Å². The van der Waals surface area contributed by atoms with Crippen molar-refractivity contribution in [2.45, 2.75) is 13.2 Å². The summed E-state index contributed by atoms with van der Waals surface area (Å²) in [5.74, 6) is 1.85. The summed E-state index contributed by atoms with van der Waals surface area (Å²) in [4.78, 5) is 0. The highest BCUT2D eigenvalue weighted by atomic mass is 16.5. The molecule has 0 aliphatic rings. The number of tetrazole rings is 1. The van der Waals surface area contributed by atoms with Crippen LogP contribution in [0.15, 0.2) is 48.5 Å². The SMILES string of the molecule is COc1cc(CNc2nn[nH]n2)ccc1OCc1ccccc1. The number of nitrogens with one attached hydrogen (secondary N) is 2. The molecule has 0 radical (unpaired) electrons. The summed E-state index contributed by atoms with van der Waals surface area (Å²) in [5, 5.41) is 16.6. The summed E-state index contributed by atoms with van der Waals surface area (Å²) in [6.45, 7) is 1.06. The van der Waals surface area contributed by atoms with Crippen molar-refractivity contribution in [3.8, 4) is 11.5 Å². The minimum absolute atomic E-state index is 0.452. The van der Waals surface area contributed by atoms with Gasteiger partial charge in [-0.3, -0.25) is 0 Å². The molecule has 0 unspecified atom stereocenters. The third kappa shape index (κ3) is 3.97. The third-order valence-electron chi connectivity index (χ3n) is 3.26. The van der Waals surface area contributed by atoms with Crippen molar-refractivity contribution in [1.29, 1.82) is 0 Å². The Morgan fingerprint density at radius 3 is 2.65 bits per heavy atom. The number of hydrogen-bond donors (Lipinski definition) is 2. The Balaban J connectivity index is 1.64. The number of rotatable bonds is 7. The minimum atomic E-state index is 0.452. The van der Waals surface area contributed by atoms with Crippen LogP contribution in [0.3, 0.4) is 0 Å². The minimum Gasteiger partial charge on any atom is -0.493 e. The van der Waals surface area contributed by atoms with Gasteiger partial charge < -0.3 is 14.8 Å². The Morgan fingerprint density at radius 1 is 1.04 bits per heavy atom. The highest BCUT2D eigenvalue weighted by molar-refractivity contribution is 5.44. The molecule has 0 bridgehead atoms. The van der Waals surface area contributed by atoms with E-state index >= 15 is 0 Å². The zero-order chi connectivity index (χ0) is 15.9. The van der Waals surface area contributed by atoms with E-state index in [1.54, 1.807) is 7.11 Å². The molecule has 0 amide bonds. The van der Waals surface area contributed by atoms with Crippen LogP contribution in [0.5, 0.6) is 11.5 Å². The van der Waals surface area contributed by atoms with Crippen LogP contribution in [0, 0.1) is 0 Å². The van der Waals surface area contributed by atoms with Crippen LogP contribution in [0.2, 0.25) is 0 Å². The lowest BCUT2D eigenvalue weighted by Gasteiger charge is -2.12. The number of methoxy groups -OCH3 is 1. The van der Waals surface area contributed by atoms with Crippen molar-refractivity contribution in [1.82, 2.24) is 20.6 Å². The van der Waals surface area contributed by atoms with Crippen molar-refractivity contribution in [2.24, 2.45) is 0 Å². The Bertz CT molecular complexity index is 731. The Hall–Kier alpha value is -3.09. The number of hydrogen-bond acceptors (Lipinski definition) is 6. The van der Waals surface area contributed by atoms with Crippen LogP contribution in [-0.2, 0) is 13.2 Å². The van der Waals surface area contributed by atoms with Crippen LogP contribution in [-0.4, -0.2) is 27.7 Å². The van der Waals surface area contributed by atoms with E-state index in [2.05, 4.69) is 25.9 Å². The molecule has 7 nitrogen and oxygen atoms in total. The van der Waals surface area contributed by atoms with Crippen molar-refractivity contribution >= 4 is 5.95 Å². The molecule has 7 heteroatoms. The normalized spacial score (nSPS) is 10.3. The van der Waals surface area contributed by atoms with Gasteiger partial charge in [0.25, 0.3) is 5.95 Å². The molecule has 0 saturated carbocycles. The van der Waals surface area contributed by atoms with Crippen molar-refractivity contribution in [2.75, 3.05) is 12.4 Å². The molecule has 0 aliphatic heterocycles. The number of benzene rings is 2. The lowest BCUT2D eigenvalue weighted by atomic mass is 10.2. The molecule has 2 aromatic carbocycles. The molecule has 3 rings (SSSR count). The Morgan fingerprint density at radius 2 is 1.91 bits per heavy atom. The highest BCUT2D eigenvalue weighted by Crippen LogP contribution is 2.29. The second kappa shape index (κ2) is 7.26. The van der Waals surface area contributed by atoms with Crippen LogP contribution >= 0.6 is 0 Å². The van der Waals surface area contributed by atoms with E-state index in [1.165, 1.54) is 0 Å². The molecule has 118 valence electrons. The summed E-state index contributed by atoms with van der Waals surface area (Å²) in [6, 6.07) is 15.8. The maximum Gasteiger partial charge on any atom is 0.263 e. The fourth-order valence-corrected chi connectivity index (χ4v) is 2.09. The topological polar surface area (TPSA) is 85.0 Å². The first-order valence-electron chi connectivity index (χ1n) is 7.16. The summed E-state index contributed by atoms with van der Waals surface area (Å²) in [5.41, 5.74) is 2.14. The molecule has 1 heterocycles. The molecule has 0 aliphatic carbocycles. The molecule has 0 spiro atoms. The van der Waals surface area contributed by atoms with Crippen LogP contribution in [0.4, 0.5) is 5.95 Å². The average molecular weight is 311 g/mol. The second-order valence-corrected chi connectivity index (χ2v) is 4.85. The number of H-pyrrole nitrogens is 1. The molecule has 1 aromatic heterocycles. The predicted molar refractivity (Wildman–Crippen MR) is 85.3 cm³/mol. The number of ether oxygens (including phenoxy) is 2. The number of aromatic amines is 1. The van der Waals surface area contributed by atoms with Crippen molar-refractivity contribution < 1.29 is 9.47 Å². The van der Waals surface area contributed by atoms with Crippen molar-refractivity contribution in [3.63, 3.8) is 0 Å². The van der Waals surface area contributed by atoms with Gasteiger partial charge in [0.2, 0.25) is 0 Å². The summed E-state index contributed by atoms with van der Waals surface area (Å²) in [6.07, 6.45) is 0. The predicted octanol–water partition coefficient (Wildman–Crippen LogP) is 2.40. The molecule has 0 atom stereocenters. The average Bonchev–Trinajstić information content (AvgIpc) is 3.13. The van der Waals surface area contributed by atoms with Crippen molar-refractivity contribution in [3.05, 3.63) is 59.7 Å². The van der Waals surface area contributed by atoms with E-state index in [4.69, 9.17) is 9.47 Å². The lowest BCUT2D eigenvalue weighted by Crippen LogP contribution is -2.03. The Labute approximate surface area is 133 Å². The fourth-order valence-electron chi connectivity index (χ4n) is 2.09. The number of aromatic nitrogens is 4. The molecule has 2 N–H and O–H groups in total. The first-order valence-corrected chi connectivity index (χ1v) is 7.16. The van der Waals surface area contributed by atoms with E-state index in [1.807, 2.05) is 48.5 Å². The van der Waals surface area contributed by atoms with Gasteiger partial charge in [-0.1, -0.05) is 41.5 Å². The smallest absolute Gasteiger partial charge is 0.263 e. The van der Waals surface area contributed by atoms with E-state index in [0.29, 0.717) is 30.6 Å². The van der Waals surface area contributed by atoms with E-state index in [9.17, 15) is 0 Å². The third-order valence-corrected chi connectivity index (χ3v) is 3.26. The zero-order valence-corrected chi connectivity index (χ0v) is 12.7. The Kier molecular flexibility index (Phi) is 4.68. The van der Waals surface area contributed by atoms with E-state index in [0.717, 1.165) is 11.1 Å². The summed E-state index contributed by atoms with van der Waals surface area (Å²) >= 11 is 0. The highest BCUT2D eigenvalue weighted by Gasteiger charge is 2.07. The quantitative estimate of drug-likeness (QED) is 0.697. The molecule has 0 saturated heterocycles. The maximum atomic E-state index is 5.83. The second-order valence-electron chi connectivity index (χ2n) is 4.85. The molecular formula is C16H17N5O2. The summed E-state index contributed by atoms with van der Waals surface area (Å²) < 4.78 is 11.2. The van der Waals surface area contributed by atoms with Gasteiger partial charge in [-0.05, 0) is 28.5 Å². The fraction of sp³-hybridized carbons (Fsp3) is 0.188. The summed E-state index contributed by atoms with van der Waals surface area (Å²) in [7, 11) is 1.63. The van der Waals surface area contributed by atoms with Gasteiger partial charge in [0.05, 0.1) is 7.11 Å². The lowest BCUT2D eigenvalue weighted by molar-refractivity contribution is 0.284. The maximum absolute atomic E-state index is 5.83. The number of nitrogens with zero attached hydrogens (tertiary/aromatic N) is 3.